The molecule has 0 spiro atoms. The van der Waals surface area contributed by atoms with E-state index in [2.05, 4.69) is 9.97 Å². The molecule has 0 bridgehead atoms. The zero-order chi connectivity index (χ0) is 15.3. The number of alkyl halides is 3. The summed E-state index contributed by atoms with van der Waals surface area (Å²) in [4.78, 5) is 16.8. The number of rotatable bonds is 5. The Morgan fingerprint density at radius 1 is 1.48 bits per heavy atom. The minimum Gasteiger partial charge on any atom is -0.353 e. The van der Waals surface area contributed by atoms with E-state index in [1.807, 2.05) is 0 Å². The molecule has 1 atom stereocenters. The van der Waals surface area contributed by atoms with Gasteiger partial charge in [0.15, 0.2) is 17.1 Å². The van der Waals surface area contributed by atoms with Crippen LogP contribution in [0, 0.1) is 0 Å². The van der Waals surface area contributed by atoms with Crippen LogP contribution in [0.3, 0.4) is 0 Å². The van der Waals surface area contributed by atoms with Gasteiger partial charge in [-0.15, -0.1) is 0 Å². The maximum atomic E-state index is 12.5. The third-order valence-corrected chi connectivity index (χ3v) is 3.61. The number of aromatic amines is 1. The van der Waals surface area contributed by atoms with Crippen LogP contribution >= 0.6 is 11.8 Å². The van der Waals surface area contributed by atoms with Gasteiger partial charge in [-0.2, -0.15) is 13.2 Å². The number of nitrogens with one attached hydrogen (secondary N) is 1. The topological polar surface area (TPSA) is 64.2 Å². The molecule has 1 aromatic rings. The zero-order valence-electron chi connectivity index (χ0n) is 11.1. The number of ether oxygens (including phenoxy) is 2. The summed E-state index contributed by atoms with van der Waals surface area (Å²) in [5.41, 5.74) is -2.01. The van der Waals surface area contributed by atoms with E-state index in [1.165, 1.54) is 0 Å². The van der Waals surface area contributed by atoms with E-state index in [9.17, 15) is 18.0 Å². The zero-order valence-corrected chi connectivity index (χ0v) is 11.9. The maximum Gasteiger partial charge on any atom is 0.433 e. The fourth-order valence-electron chi connectivity index (χ4n) is 1.81. The molecule has 1 unspecified atom stereocenters. The van der Waals surface area contributed by atoms with Gasteiger partial charge in [-0.1, -0.05) is 11.8 Å². The van der Waals surface area contributed by atoms with Crippen molar-refractivity contribution < 1.29 is 22.6 Å². The van der Waals surface area contributed by atoms with Crippen molar-refractivity contribution in [1.29, 1.82) is 0 Å². The smallest absolute Gasteiger partial charge is 0.353 e. The lowest BCUT2D eigenvalue weighted by Gasteiger charge is -2.22. The molecule has 1 aliphatic heterocycles. The molecular formula is C12H15F3N2O3S. The lowest BCUT2D eigenvalue weighted by atomic mass is 10.2. The fourth-order valence-corrected chi connectivity index (χ4v) is 2.52. The monoisotopic (exact) mass is 324 g/mol. The molecule has 5 nitrogen and oxygen atoms in total. The summed E-state index contributed by atoms with van der Waals surface area (Å²) in [6.07, 6.45) is -1.99. The van der Waals surface area contributed by atoms with Gasteiger partial charge < -0.3 is 14.5 Å². The molecule has 1 fully saturated rings. The van der Waals surface area contributed by atoms with Crippen molar-refractivity contribution in [3.8, 4) is 0 Å². The Balaban J connectivity index is 1.82. The first kappa shape index (κ1) is 16.3. The average Bonchev–Trinajstić information content (AvgIpc) is 2.43. The van der Waals surface area contributed by atoms with Crippen molar-refractivity contribution >= 4 is 11.8 Å². The van der Waals surface area contributed by atoms with E-state index in [0.29, 0.717) is 25.0 Å². The van der Waals surface area contributed by atoms with E-state index in [-0.39, 0.29) is 11.4 Å². The first-order chi connectivity index (χ1) is 9.95. The number of nitrogens with zero attached hydrogens (tertiary/aromatic N) is 1. The van der Waals surface area contributed by atoms with Crippen molar-refractivity contribution in [3.63, 3.8) is 0 Å². The standard InChI is InChI=1S/C12H15F3N2O3S/c13-12(14,15)8-7-9(18)17-11(16-8)21-6-5-20-10-3-1-2-4-19-10/h7,10H,1-6H2,(H,16,17,18). The molecule has 0 aliphatic carbocycles. The van der Waals surface area contributed by atoms with Crippen molar-refractivity contribution in [2.24, 2.45) is 0 Å². The highest BCUT2D eigenvalue weighted by molar-refractivity contribution is 7.99. The van der Waals surface area contributed by atoms with Crippen molar-refractivity contribution in [2.45, 2.75) is 36.9 Å². The Hall–Kier alpha value is -1.06. The second-order valence-corrected chi connectivity index (χ2v) is 5.53. The van der Waals surface area contributed by atoms with Crippen LogP contribution in [-0.4, -0.2) is 35.2 Å². The summed E-state index contributed by atoms with van der Waals surface area (Å²) in [5.74, 6) is 0.379. The van der Waals surface area contributed by atoms with Gasteiger partial charge in [-0.05, 0) is 19.3 Å². The van der Waals surface area contributed by atoms with Crippen LogP contribution in [0.5, 0.6) is 0 Å². The van der Waals surface area contributed by atoms with Crippen LogP contribution in [0.1, 0.15) is 25.0 Å². The van der Waals surface area contributed by atoms with E-state index >= 15 is 0 Å². The quantitative estimate of drug-likeness (QED) is 0.512. The summed E-state index contributed by atoms with van der Waals surface area (Å²) < 4.78 is 48.3. The van der Waals surface area contributed by atoms with Gasteiger partial charge in [0.1, 0.15) is 0 Å². The first-order valence-corrected chi connectivity index (χ1v) is 7.48. The van der Waals surface area contributed by atoms with Gasteiger partial charge in [0.2, 0.25) is 0 Å². The largest absolute Gasteiger partial charge is 0.433 e. The molecular weight excluding hydrogens is 309 g/mol. The number of halogens is 3. The molecule has 2 rings (SSSR count). The predicted octanol–water partition coefficient (Wildman–Crippen LogP) is 2.42. The second-order valence-electron chi connectivity index (χ2n) is 4.45. The highest BCUT2D eigenvalue weighted by atomic mass is 32.2. The Bertz CT molecular complexity index is 515. The number of hydrogen-bond donors (Lipinski definition) is 1. The van der Waals surface area contributed by atoms with Crippen LogP contribution in [-0.2, 0) is 15.7 Å². The van der Waals surface area contributed by atoms with Crippen LogP contribution in [0.25, 0.3) is 0 Å². The molecule has 1 N–H and O–H groups in total. The van der Waals surface area contributed by atoms with Gasteiger partial charge in [-0.3, -0.25) is 4.79 Å². The molecule has 0 amide bonds. The SMILES string of the molecule is O=c1cc(C(F)(F)F)nc(SCCOC2CCCCO2)[nH]1. The predicted molar refractivity (Wildman–Crippen MR) is 70.1 cm³/mol. The third-order valence-electron chi connectivity index (χ3n) is 2.77. The number of aromatic nitrogens is 2. The minimum absolute atomic E-state index is 0.0667. The summed E-state index contributed by atoms with van der Waals surface area (Å²) in [7, 11) is 0. The highest BCUT2D eigenvalue weighted by Gasteiger charge is 2.33. The Morgan fingerprint density at radius 3 is 2.95 bits per heavy atom. The van der Waals surface area contributed by atoms with Crippen LogP contribution < -0.4 is 5.56 Å². The Labute approximate surface area is 123 Å². The molecule has 0 saturated carbocycles. The number of hydrogen-bond acceptors (Lipinski definition) is 5. The minimum atomic E-state index is -4.63. The maximum absolute atomic E-state index is 12.5. The van der Waals surface area contributed by atoms with Crippen molar-refractivity contribution in [1.82, 2.24) is 9.97 Å². The van der Waals surface area contributed by atoms with Crippen molar-refractivity contribution in [3.05, 3.63) is 22.1 Å². The molecule has 9 heteroatoms. The van der Waals surface area contributed by atoms with E-state index in [0.717, 1.165) is 31.0 Å². The molecule has 21 heavy (non-hydrogen) atoms. The molecule has 1 aliphatic rings. The van der Waals surface area contributed by atoms with Crippen LogP contribution in [0.2, 0.25) is 0 Å². The lowest BCUT2D eigenvalue weighted by molar-refractivity contribution is -0.158. The molecule has 0 radical (unpaired) electrons. The Morgan fingerprint density at radius 2 is 2.29 bits per heavy atom. The molecule has 2 heterocycles. The third kappa shape index (κ3) is 5.33. The number of H-pyrrole nitrogens is 1. The normalized spacial score (nSPS) is 19.7. The van der Waals surface area contributed by atoms with Crippen molar-refractivity contribution in [2.75, 3.05) is 19.0 Å². The number of thioether (sulfide) groups is 1. The molecule has 118 valence electrons. The van der Waals surface area contributed by atoms with Gasteiger partial charge in [0, 0.05) is 18.4 Å². The van der Waals surface area contributed by atoms with Crippen LogP contribution in [0.4, 0.5) is 13.2 Å². The average molecular weight is 324 g/mol. The van der Waals surface area contributed by atoms with Gasteiger partial charge >= 0.3 is 6.18 Å². The first-order valence-electron chi connectivity index (χ1n) is 6.50. The highest BCUT2D eigenvalue weighted by Crippen LogP contribution is 2.27. The molecule has 0 aromatic carbocycles. The molecule has 1 aromatic heterocycles. The van der Waals surface area contributed by atoms with E-state index < -0.39 is 17.4 Å². The summed E-state index contributed by atoms with van der Waals surface area (Å²) >= 11 is 1.01. The van der Waals surface area contributed by atoms with Gasteiger partial charge in [-0.25, -0.2) is 4.98 Å². The summed E-state index contributed by atoms with van der Waals surface area (Å²) in [5, 5.41) is -0.0667. The van der Waals surface area contributed by atoms with Gasteiger partial charge in [0.05, 0.1) is 6.61 Å². The van der Waals surface area contributed by atoms with E-state index in [4.69, 9.17) is 9.47 Å². The Kier molecular flexibility index (Phi) is 5.65. The summed E-state index contributed by atoms with van der Waals surface area (Å²) in [6.45, 7) is 0.982. The van der Waals surface area contributed by atoms with Gasteiger partial charge in [0.25, 0.3) is 5.56 Å². The van der Waals surface area contributed by atoms with E-state index in [1.54, 1.807) is 0 Å². The fraction of sp³-hybridized carbons (Fsp3) is 0.667. The lowest BCUT2D eigenvalue weighted by Crippen LogP contribution is -2.23. The molecule has 1 saturated heterocycles. The second kappa shape index (κ2) is 7.28. The summed E-state index contributed by atoms with van der Waals surface area (Å²) in [6, 6.07) is 0.441. The van der Waals surface area contributed by atoms with Crippen LogP contribution in [0.15, 0.2) is 16.0 Å².